The summed E-state index contributed by atoms with van der Waals surface area (Å²) >= 11 is 1.51. The fourth-order valence-corrected chi connectivity index (χ4v) is 2.07. The smallest absolute Gasteiger partial charge is 0.262 e. The van der Waals surface area contributed by atoms with Gasteiger partial charge in [0, 0.05) is 5.54 Å². The molecule has 0 radical (unpaired) electrons. The second-order valence-corrected chi connectivity index (χ2v) is 4.86. The predicted molar refractivity (Wildman–Crippen MR) is 54.2 cm³/mol. The molecule has 1 N–H and O–H groups in total. The standard InChI is InChI=1S/C10H13NOS/c1-7-3-6-13-8(7)9(12)11-10(2)4-5-10/h3,6H,4-5H2,1-2H3,(H,11,12). The minimum absolute atomic E-state index is 0.0903. The molecular formula is C10H13NOS. The van der Waals surface area contributed by atoms with E-state index in [1.807, 2.05) is 18.4 Å². The molecule has 0 saturated heterocycles. The van der Waals surface area contributed by atoms with E-state index in [0.29, 0.717) is 0 Å². The Balaban J connectivity index is 2.09. The van der Waals surface area contributed by atoms with Crippen LogP contribution < -0.4 is 5.32 Å². The Morgan fingerprint density at radius 3 is 2.77 bits per heavy atom. The summed E-state index contributed by atoms with van der Waals surface area (Å²) in [4.78, 5) is 12.5. The maximum absolute atomic E-state index is 11.7. The number of carbonyl (C=O) groups is 1. The lowest BCUT2D eigenvalue weighted by molar-refractivity contribution is 0.0939. The molecule has 3 heteroatoms. The summed E-state index contributed by atoms with van der Waals surface area (Å²) in [5.74, 6) is 0.0903. The van der Waals surface area contributed by atoms with E-state index in [9.17, 15) is 4.79 Å². The third kappa shape index (κ3) is 1.75. The maximum atomic E-state index is 11.7. The average Bonchev–Trinajstić information content (AvgIpc) is 2.63. The van der Waals surface area contributed by atoms with Crippen molar-refractivity contribution in [1.82, 2.24) is 5.32 Å². The number of aryl methyl sites for hydroxylation is 1. The van der Waals surface area contributed by atoms with Gasteiger partial charge in [-0.1, -0.05) is 0 Å². The van der Waals surface area contributed by atoms with E-state index >= 15 is 0 Å². The number of amides is 1. The van der Waals surface area contributed by atoms with Crippen LogP contribution in [0.1, 0.15) is 35.0 Å². The molecule has 0 aliphatic heterocycles. The highest BCUT2D eigenvalue weighted by atomic mass is 32.1. The Bertz CT molecular complexity index is 338. The summed E-state index contributed by atoms with van der Waals surface area (Å²) in [5.41, 5.74) is 1.17. The summed E-state index contributed by atoms with van der Waals surface area (Å²) in [6.07, 6.45) is 2.23. The second-order valence-electron chi connectivity index (χ2n) is 3.95. The van der Waals surface area contributed by atoms with Gasteiger partial charge in [-0.3, -0.25) is 4.79 Å². The Labute approximate surface area is 82.0 Å². The van der Waals surface area contributed by atoms with Crippen molar-refractivity contribution in [1.29, 1.82) is 0 Å². The van der Waals surface area contributed by atoms with E-state index in [2.05, 4.69) is 12.2 Å². The van der Waals surface area contributed by atoms with E-state index in [1.165, 1.54) is 11.3 Å². The summed E-state index contributed by atoms with van der Waals surface area (Å²) < 4.78 is 0. The van der Waals surface area contributed by atoms with Crippen LogP contribution in [0.5, 0.6) is 0 Å². The maximum Gasteiger partial charge on any atom is 0.262 e. The zero-order valence-electron chi connectivity index (χ0n) is 7.89. The van der Waals surface area contributed by atoms with Crippen molar-refractivity contribution in [3.63, 3.8) is 0 Å². The predicted octanol–water partition coefficient (Wildman–Crippen LogP) is 2.34. The van der Waals surface area contributed by atoms with Crippen LogP contribution in [-0.2, 0) is 0 Å². The third-order valence-electron chi connectivity index (χ3n) is 2.48. The fraction of sp³-hybridized carbons (Fsp3) is 0.500. The minimum atomic E-state index is 0.0903. The first kappa shape index (κ1) is 8.75. The topological polar surface area (TPSA) is 29.1 Å². The van der Waals surface area contributed by atoms with Gasteiger partial charge in [-0.2, -0.15) is 0 Å². The van der Waals surface area contributed by atoms with Crippen molar-refractivity contribution in [2.45, 2.75) is 32.2 Å². The molecule has 1 aromatic rings. The molecule has 2 rings (SSSR count). The third-order valence-corrected chi connectivity index (χ3v) is 3.50. The normalized spacial score (nSPS) is 18.3. The first-order chi connectivity index (χ1) is 6.11. The Hall–Kier alpha value is -0.830. The van der Waals surface area contributed by atoms with Crippen LogP contribution >= 0.6 is 11.3 Å². The van der Waals surface area contributed by atoms with Crippen LogP contribution in [0.25, 0.3) is 0 Å². The highest BCUT2D eigenvalue weighted by molar-refractivity contribution is 7.12. The Morgan fingerprint density at radius 1 is 1.62 bits per heavy atom. The number of thiophene rings is 1. The summed E-state index contributed by atoms with van der Waals surface area (Å²) in [7, 11) is 0. The summed E-state index contributed by atoms with van der Waals surface area (Å²) in [5, 5.41) is 5.00. The molecule has 0 spiro atoms. The SMILES string of the molecule is Cc1ccsc1C(=O)NC1(C)CC1. The lowest BCUT2D eigenvalue weighted by Gasteiger charge is -2.10. The first-order valence-corrected chi connectivity index (χ1v) is 5.35. The van der Waals surface area contributed by atoms with Crippen molar-refractivity contribution < 1.29 is 4.79 Å². The molecule has 1 heterocycles. The fourth-order valence-electron chi connectivity index (χ4n) is 1.25. The van der Waals surface area contributed by atoms with Gasteiger partial charge in [-0.05, 0) is 43.7 Å². The highest BCUT2D eigenvalue weighted by Crippen LogP contribution is 2.34. The van der Waals surface area contributed by atoms with E-state index in [1.54, 1.807) is 0 Å². The monoisotopic (exact) mass is 195 g/mol. The van der Waals surface area contributed by atoms with Gasteiger partial charge < -0.3 is 5.32 Å². The van der Waals surface area contributed by atoms with Crippen molar-refractivity contribution in [3.05, 3.63) is 21.9 Å². The van der Waals surface area contributed by atoms with Crippen LogP contribution in [0, 0.1) is 6.92 Å². The van der Waals surface area contributed by atoms with Crippen molar-refractivity contribution in [2.75, 3.05) is 0 Å². The zero-order chi connectivity index (χ0) is 9.47. The molecule has 1 aliphatic rings. The molecular weight excluding hydrogens is 182 g/mol. The van der Waals surface area contributed by atoms with E-state index in [0.717, 1.165) is 23.3 Å². The minimum Gasteiger partial charge on any atom is -0.346 e. The molecule has 0 unspecified atom stereocenters. The van der Waals surface area contributed by atoms with Gasteiger partial charge in [0.1, 0.15) is 0 Å². The van der Waals surface area contributed by atoms with Gasteiger partial charge in [-0.25, -0.2) is 0 Å². The number of rotatable bonds is 2. The Kier molecular flexibility index (Phi) is 1.91. The molecule has 0 aromatic carbocycles. The number of carbonyl (C=O) groups excluding carboxylic acids is 1. The largest absolute Gasteiger partial charge is 0.346 e. The number of hydrogen-bond acceptors (Lipinski definition) is 2. The van der Waals surface area contributed by atoms with Gasteiger partial charge in [0.25, 0.3) is 5.91 Å². The zero-order valence-corrected chi connectivity index (χ0v) is 8.70. The Morgan fingerprint density at radius 2 is 2.31 bits per heavy atom. The first-order valence-electron chi connectivity index (χ1n) is 4.47. The van der Waals surface area contributed by atoms with Crippen molar-refractivity contribution in [2.24, 2.45) is 0 Å². The molecule has 1 aliphatic carbocycles. The van der Waals surface area contributed by atoms with Crippen molar-refractivity contribution in [3.8, 4) is 0 Å². The molecule has 0 atom stereocenters. The lowest BCUT2D eigenvalue weighted by atomic mass is 10.2. The van der Waals surface area contributed by atoms with Gasteiger partial charge in [0.15, 0.2) is 0 Å². The van der Waals surface area contributed by atoms with Crippen LogP contribution in [0.3, 0.4) is 0 Å². The molecule has 1 amide bonds. The lowest BCUT2D eigenvalue weighted by Crippen LogP contribution is -2.33. The van der Waals surface area contributed by atoms with Crippen LogP contribution in [0.2, 0.25) is 0 Å². The molecule has 1 fully saturated rings. The average molecular weight is 195 g/mol. The van der Waals surface area contributed by atoms with Crippen molar-refractivity contribution >= 4 is 17.2 Å². The molecule has 13 heavy (non-hydrogen) atoms. The summed E-state index contributed by atoms with van der Waals surface area (Å²) in [6.45, 7) is 4.06. The summed E-state index contributed by atoms with van der Waals surface area (Å²) in [6, 6.07) is 1.98. The number of nitrogens with one attached hydrogen (secondary N) is 1. The van der Waals surface area contributed by atoms with Gasteiger partial charge >= 0.3 is 0 Å². The van der Waals surface area contributed by atoms with Crippen LogP contribution in [0.15, 0.2) is 11.4 Å². The molecule has 0 bridgehead atoms. The van der Waals surface area contributed by atoms with E-state index in [4.69, 9.17) is 0 Å². The van der Waals surface area contributed by atoms with Gasteiger partial charge in [-0.15, -0.1) is 11.3 Å². The van der Waals surface area contributed by atoms with Gasteiger partial charge in [0.2, 0.25) is 0 Å². The van der Waals surface area contributed by atoms with Crippen LogP contribution in [-0.4, -0.2) is 11.4 Å². The highest BCUT2D eigenvalue weighted by Gasteiger charge is 2.39. The van der Waals surface area contributed by atoms with E-state index in [-0.39, 0.29) is 11.4 Å². The van der Waals surface area contributed by atoms with E-state index < -0.39 is 0 Å². The second kappa shape index (κ2) is 2.84. The molecule has 1 aromatic heterocycles. The quantitative estimate of drug-likeness (QED) is 0.771. The van der Waals surface area contributed by atoms with Gasteiger partial charge in [0.05, 0.1) is 4.88 Å². The molecule has 2 nitrogen and oxygen atoms in total. The number of hydrogen-bond donors (Lipinski definition) is 1. The van der Waals surface area contributed by atoms with Crippen LogP contribution in [0.4, 0.5) is 0 Å². The molecule has 70 valence electrons. The molecule has 1 saturated carbocycles.